The Balaban J connectivity index is 2.26. The summed E-state index contributed by atoms with van der Waals surface area (Å²) >= 11 is 0. The number of aliphatic hydroxyl groups excluding tert-OH is 1. The molecular weight excluding hydrogens is 250 g/mol. The molecule has 0 aromatic heterocycles. The molecule has 0 heterocycles. The normalized spacial score (nSPS) is 15.3. The average Bonchev–Trinajstić information content (AvgIpc) is 2.49. The van der Waals surface area contributed by atoms with Crippen LogP contribution in [0.25, 0.3) is 0 Å². The van der Waals surface area contributed by atoms with Crippen LogP contribution in [-0.2, 0) is 4.74 Å². The molecule has 1 rings (SSSR count). The molecule has 0 aliphatic carbocycles. The molecule has 0 amide bonds. The lowest BCUT2D eigenvalue weighted by Gasteiger charge is -2.20. The average molecular weight is 275 g/mol. The van der Waals surface area contributed by atoms with E-state index in [2.05, 4.69) is 18.2 Å². The van der Waals surface area contributed by atoms with Crippen LogP contribution in [0.15, 0.2) is 30.3 Å². The molecule has 20 heavy (non-hydrogen) atoms. The summed E-state index contributed by atoms with van der Waals surface area (Å²) in [4.78, 5) is 0. The molecule has 1 aromatic rings. The summed E-state index contributed by atoms with van der Waals surface area (Å²) in [6, 6.07) is 10.3. The molecule has 0 saturated carbocycles. The number of benzene rings is 1. The lowest BCUT2D eigenvalue weighted by atomic mass is 10.1. The summed E-state index contributed by atoms with van der Waals surface area (Å²) in [5.74, 6) is 2.64. The number of aliphatic hydroxyl groups is 1. The van der Waals surface area contributed by atoms with Gasteiger partial charge in [0.05, 0.1) is 18.8 Å². The van der Waals surface area contributed by atoms with Crippen molar-refractivity contribution >= 4 is 0 Å². The van der Waals surface area contributed by atoms with E-state index in [1.54, 1.807) is 0 Å². The maximum absolute atomic E-state index is 9.92. The summed E-state index contributed by atoms with van der Waals surface area (Å²) in [5.41, 5.74) is 1.12. The van der Waals surface area contributed by atoms with E-state index < -0.39 is 6.10 Å². The number of nitrogens with one attached hydrogen (secondary N) is 1. The van der Waals surface area contributed by atoms with Crippen LogP contribution in [0.3, 0.4) is 0 Å². The Morgan fingerprint density at radius 1 is 1.35 bits per heavy atom. The summed E-state index contributed by atoms with van der Waals surface area (Å²) in [6.45, 7) is 4.88. The van der Waals surface area contributed by atoms with Crippen LogP contribution in [-0.4, -0.2) is 30.4 Å². The van der Waals surface area contributed by atoms with Gasteiger partial charge in [-0.2, -0.15) is 0 Å². The number of ether oxygens (including phenoxy) is 1. The van der Waals surface area contributed by atoms with Crippen molar-refractivity contribution in [1.29, 1.82) is 0 Å². The van der Waals surface area contributed by atoms with E-state index in [-0.39, 0.29) is 12.1 Å². The maximum atomic E-state index is 9.92. The molecule has 2 N–H and O–H groups in total. The quantitative estimate of drug-likeness (QED) is 0.680. The second-order valence-electron chi connectivity index (χ2n) is 4.96. The van der Waals surface area contributed by atoms with Crippen LogP contribution in [0.2, 0.25) is 0 Å². The third-order valence-electron chi connectivity index (χ3n) is 3.31. The van der Waals surface area contributed by atoms with E-state index in [4.69, 9.17) is 11.2 Å². The van der Waals surface area contributed by atoms with E-state index in [1.165, 1.54) is 0 Å². The van der Waals surface area contributed by atoms with E-state index in [0.29, 0.717) is 19.6 Å². The first-order valence-corrected chi connectivity index (χ1v) is 7.18. The highest BCUT2D eigenvalue weighted by atomic mass is 16.5. The van der Waals surface area contributed by atoms with Crippen molar-refractivity contribution in [2.75, 3.05) is 13.2 Å². The second kappa shape index (κ2) is 9.55. The van der Waals surface area contributed by atoms with Crippen molar-refractivity contribution in [2.24, 2.45) is 0 Å². The van der Waals surface area contributed by atoms with E-state index in [9.17, 15) is 5.11 Å². The first-order valence-electron chi connectivity index (χ1n) is 7.18. The van der Waals surface area contributed by atoms with Crippen molar-refractivity contribution in [3.8, 4) is 12.3 Å². The topological polar surface area (TPSA) is 41.5 Å². The summed E-state index contributed by atoms with van der Waals surface area (Å²) < 4.78 is 5.69. The molecule has 0 saturated heterocycles. The molecule has 1 aromatic carbocycles. The Morgan fingerprint density at radius 2 is 2.05 bits per heavy atom. The number of terminal acetylenes is 1. The lowest BCUT2D eigenvalue weighted by molar-refractivity contribution is -0.00288. The van der Waals surface area contributed by atoms with E-state index in [0.717, 1.165) is 12.0 Å². The smallest absolute Gasteiger partial charge is 0.0898 e. The van der Waals surface area contributed by atoms with Crippen molar-refractivity contribution in [3.63, 3.8) is 0 Å². The molecule has 0 aliphatic rings. The zero-order chi connectivity index (χ0) is 14.8. The zero-order valence-corrected chi connectivity index (χ0v) is 12.4. The Kier molecular flexibility index (Phi) is 7.98. The summed E-state index contributed by atoms with van der Waals surface area (Å²) in [7, 11) is 0. The molecule has 3 heteroatoms. The SMILES string of the molecule is C#CCC(CC)NCC(O)COC(C)c1ccccc1. The van der Waals surface area contributed by atoms with Gasteiger partial charge in [0.25, 0.3) is 0 Å². The van der Waals surface area contributed by atoms with Crippen LogP contribution < -0.4 is 5.32 Å². The molecule has 0 spiro atoms. The summed E-state index contributed by atoms with van der Waals surface area (Å²) in [5, 5.41) is 13.2. The molecule has 0 aliphatic heterocycles. The van der Waals surface area contributed by atoms with Gasteiger partial charge in [0.1, 0.15) is 0 Å². The van der Waals surface area contributed by atoms with Gasteiger partial charge in [-0.15, -0.1) is 12.3 Å². The Labute approximate surface area is 122 Å². The van der Waals surface area contributed by atoms with Crippen LogP contribution >= 0.6 is 0 Å². The zero-order valence-electron chi connectivity index (χ0n) is 12.4. The standard InChI is InChI=1S/C17H25NO2/c1-4-9-16(5-2)18-12-17(19)13-20-14(3)15-10-7-6-8-11-15/h1,6-8,10-11,14,16-19H,5,9,12-13H2,2-3H3. The molecule has 3 unspecified atom stereocenters. The number of hydrogen-bond donors (Lipinski definition) is 2. The molecule has 0 fully saturated rings. The van der Waals surface area contributed by atoms with Gasteiger partial charge in [0, 0.05) is 19.0 Å². The third-order valence-corrected chi connectivity index (χ3v) is 3.31. The number of hydrogen-bond acceptors (Lipinski definition) is 3. The van der Waals surface area contributed by atoms with Crippen molar-refractivity contribution in [1.82, 2.24) is 5.32 Å². The van der Waals surface area contributed by atoms with Gasteiger partial charge in [-0.25, -0.2) is 0 Å². The van der Waals surface area contributed by atoms with Gasteiger partial charge in [-0.05, 0) is 18.9 Å². The highest BCUT2D eigenvalue weighted by Crippen LogP contribution is 2.15. The Bertz CT molecular complexity index is 399. The monoisotopic (exact) mass is 275 g/mol. The van der Waals surface area contributed by atoms with Crippen LogP contribution in [0.1, 0.15) is 38.4 Å². The van der Waals surface area contributed by atoms with Crippen LogP contribution in [0, 0.1) is 12.3 Å². The van der Waals surface area contributed by atoms with Gasteiger partial charge >= 0.3 is 0 Å². The van der Waals surface area contributed by atoms with Crippen molar-refractivity contribution in [3.05, 3.63) is 35.9 Å². The minimum atomic E-state index is -0.520. The fourth-order valence-corrected chi connectivity index (χ4v) is 1.94. The predicted octanol–water partition coefficient (Wildman–Crippen LogP) is 2.52. The first kappa shape index (κ1) is 16.7. The Morgan fingerprint density at radius 3 is 2.65 bits per heavy atom. The second-order valence-corrected chi connectivity index (χ2v) is 4.96. The maximum Gasteiger partial charge on any atom is 0.0898 e. The molecule has 110 valence electrons. The van der Waals surface area contributed by atoms with Gasteiger partial charge in [0.15, 0.2) is 0 Å². The largest absolute Gasteiger partial charge is 0.389 e. The van der Waals surface area contributed by atoms with Crippen LogP contribution in [0.4, 0.5) is 0 Å². The highest BCUT2D eigenvalue weighted by molar-refractivity contribution is 5.16. The van der Waals surface area contributed by atoms with Gasteiger partial charge in [-0.3, -0.25) is 0 Å². The molecule has 0 bridgehead atoms. The predicted molar refractivity (Wildman–Crippen MR) is 82.3 cm³/mol. The van der Waals surface area contributed by atoms with E-state index in [1.807, 2.05) is 37.3 Å². The van der Waals surface area contributed by atoms with E-state index >= 15 is 0 Å². The minimum Gasteiger partial charge on any atom is -0.389 e. The Hall–Kier alpha value is -1.34. The van der Waals surface area contributed by atoms with Crippen molar-refractivity contribution in [2.45, 2.75) is 44.9 Å². The third kappa shape index (κ3) is 6.21. The molecular formula is C17H25NO2. The fourth-order valence-electron chi connectivity index (χ4n) is 1.94. The molecule has 0 radical (unpaired) electrons. The highest BCUT2D eigenvalue weighted by Gasteiger charge is 2.11. The number of rotatable bonds is 9. The first-order chi connectivity index (χ1) is 9.67. The lowest BCUT2D eigenvalue weighted by Crippen LogP contribution is -2.37. The van der Waals surface area contributed by atoms with Gasteiger partial charge in [-0.1, -0.05) is 37.3 Å². The van der Waals surface area contributed by atoms with Crippen LogP contribution in [0.5, 0.6) is 0 Å². The summed E-state index contributed by atoms with van der Waals surface area (Å²) in [6.07, 6.45) is 6.40. The fraction of sp³-hybridized carbons (Fsp3) is 0.529. The minimum absolute atomic E-state index is 0.0152. The van der Waals surface area contributed by atoms with Crippen molar-refractivity contribution < 1.29 is 9.84 Å². The van der Waals surface area contributed by atoms with Gasteiger partial charge in [0.2, 0.25) is 0 Å². The molecule has 3 atom stereocenters. The van der Waals surface area contributed by atoms with Gasteiger partial charge < -0.3 is 15.2 Å². The molecule has 3 nitrogen and oxygen atoms in total.